The predicted octanol–water partition coefficient (Wildman–Crippen LogP) is 4.35. The maximum Gasteiger partial charge on any atom is 0.225 e. The third kappa shape index (κ3) is 4.99. The first-order chi connectivity index (χ1) is 10.0. The highest BCUT2D eigenvalue weighted by Crippen LogP contribution is 2.22. The number of carbonyl (C=O) groups excluding carboxylic acids is 1. The lowest BCUT2D eigenvalue weighted by Crippen LogP contribution is -2.12. The largest absolute Gasteiger partial charge is 0.399 e. The van der Waals surface area contributed by atoms with Crippen LogP contribution in [0, 0.1) is 6.92 Å². The molecular formula is C16H17ClN2OS. The van der Waals surface area contributed by atoms with Crippen molar-refractivity contribution in [3.05, 3.63) is 53.1 Å². The summed E-state index contributed by atoms with van der Waals surface area (Å²) < 4.78 is 0. The van der Waals surface area contributed by atoms with Gasteiger partial charge in [-0.2, -0.15) is 0 Å². The molecule has 2 aromatic rings. The summed E-state index contributed by atoms with van der Waals surface area (Å²) in [6.07, 6.45) is 0.445. The Labute approximate surface area is 133 Å². The molecule has 0 aliphatic rings. The first-order valence-electron chi connectivity index (χ1n) is 6.59. The van der Waals surface area contributed by atoms with Crippen molar-refractivity contribution in [2.75, 3.05) is 16.8 Å². The van der Waals surface area contributed by atoms with Crippen LogP contribution in [0.5, 0.6) is 0 Å². The van der Waals surface area contributed by atoms with E-state index in [-0.39, 0.29) is 5.91 Å². The first kappa shape index (κ1) is 15.7. The van der Waals surface area contributed by atoms with Crippen LogP contribution in [0.3, 0.4) is 0 Å². The average Bonchev–Trinajstić information content (AvgIpc) is 2.45. The van der Waals surface area contributed by atoms with Crippen LogP contribution in [0.4, 0.5) is 11.4 Å². The fourth-order valence-corrected chi connectivity index (χ4v) is 2.75. The smallest absolute Gasteiger partial charge is 0.225 e. The maximum atomic E-state index is 11.9. The Hall–Kier alpha value is -1.65. The van der Waals surface area contributed by atoms with Crippen LogP contribution in [-0.2, 0) is 4.79 Å². The van der Waals surface area contributed by atoms with Crippen LogP contribution in [0.1, 0.15) is 12.0 Å². The molecule has 0 aromatic heterocycles. The molecule has 0 radical (unpaired) electrons. The molecular weight excluding hydrogens is 304 g/mol. The van der Waals surface area contributed by atoms with E-state index in [4.69, 9.17) is 17.3 Å². The van der Waals surface area contributed by atoms with Gasteiger partial charge in [0.1, 0.15) is 0 Å². The quantitative estimate of drug-likeness (QED) is 0.636. The van der Waals surface area contributed by atoms with Gasteiger partial charge in [0.25, 0.3) is 0 Å². The molecule has 3 nitrogen and oxygen atoms in total. The van der Waals surface area contributed by atoms with Crippen molar-refractivity contribution in [3.63, 3.8) is 0 Å². The number of nitrogen functional groups attached to an aromatic ring is 1. The summed E-state index contributed by atoms with van der Waals surface area (Å²) >= 11 is 7.66. The Morgan fingerprint density at radius 3 is 2.62 bits per heavy atom. The van der Waals surface area contributed by atoms with Gasteiger partial charge in [0.2, 0.25) is 5.91 Å². The number of anilines is 2. The molecule has 0 spiro atoms. The Bertz CT molecular complexity index is 629. The number of hydrogen-bond donors (Lipinski definition) is 2. The predicted molar refractivity (Wildman–Crippen MR) is 91.0 cm³/mol. The summed E-state index contributed by atoms with van der Waals surface area (Å²) in [6, 6.07) is 13.1. The number of carbonyl (C=O) groups is 1. The molecule has 0 atom stereocenters. The lowest BCUT2D eigenvalue weighted by molar-refractivity contribution is -0.115. The zero-order chi connectivity index (χ0) is 15.2. The topological polar surface area (TPSA) is 55.1 Å². The van der Waals surface area contributed by atoms with Gasteiger partial charge in [-0.05, 0) is 48.9 Å². The van der Waals surface area contributed by atoms with Crippen molar-refractivity contribution < 1.29 is 4.79 Å². The van der Waals surface area contributed by atoms with E-state index in [2.05, 4.69) is 5.32 Å². The van der Waals surface area contributed by atoms with Crippen molar-refractivity contribution in [1.29, 1.82) is 0 Å². The van der Waals surface area contributed by atoms with E-state index >= 15 is 0 Å². The molecule has 0 aliphatic heterocycles. The van der Waals surface area contributed by atoms with E-state index < -0.39 is 0 Å². The molecule has 0 unspecified atom stereocenters. The Morgan fingerprint density at radius 2 is 1.95 bits per heavy atom. The van der Waals surface area contributed by atoms with E-state index in [0.29, 0.717) is 11.4 Å². The van der Waals surface area contributed by atoms with Gasteiger partial charge in [0.15, 0.2) is 0 Å². The number of thioether (sulfide) groups is 1. The van der Waals surface area contributed by atoms with Gasteiger partial charge in [-0.15, -0.1) is 11.8 Å². The van der Waals surface area contributed by atoms with Gasteiger partial charge in [-0.1, -0.05) is 17.7 Å². The third-order valence-electron chi connectivity index (χ3n) is 2.93. The molecule has 2 aromatic carbocycles. The molecule has 0 fully saturated rings. The van der Waals surface area contributed by atoms with Crippen LogP contribution < -0.4 is 11.1 Å². The van der Waals surface area contributed by atoms with Crippen molar-refractivity contribution in [3.8, 4) is 0 Å². The second kappa shape index (κ2) is 7.38. The molecule has 0 aliphatic carbocycles. The monoisotopic (exact) mass is 320 g/mol. The normalized spacial score (nSPS) is 10.4. The van der Waals surface area contributed by atoms with Gasteiger partial charge >= 0.3 is 0 Å². The van der Waals surface area contributed by atoms with Gasteiger partial charge in [0.05, 0.1) is 0 Å². The molecule has 5 heteroatoms. The van der Waals surface area contributed by atoms with E-state index in [9.17, 15) is 4.79 Å². The van der Waals surface area contributed by atoms with Gasteiger partial charge in [-0.25, -0.2) is 0 Å². The SMILES string of the molecule is Cc1ccc(NC(=O)CCSc2ccc(N)cc2)cc1Cl. The lowest BCUT2D eigenvalue weighted by Gasteiger charge is -2.07. The minimum absolute atomic E-state index is 0.0159. The Balaban J connectivity index is 1.79. The van der Waals surface area contributed by atoms with Gasteiger partial charge in [0, 0.05) is 33.5 Å². The molecule has 21 heavy (non-hydrogen) atoms. The molecule has 0 saturated carbocycles. The number of rotatable bonds is 5. The van der Waals surface area contributed by atoms with Crippen molar-refractivity contribution in [2.45, 2.75) is 18.2 Å². The standard InChI is InChI=1S/C16H17ClN2OS/c1-11-2-5-13(10-15(11)17)19-16(20)8-9-21-14-6-3-12(18)4-7-14/h2-7,10H,8-9,18H2,1H3,(H,19,20). The summed E-state index contributed by atoms with van der Waals surface area (Å²) in [4.78, 5) is 13.0. The minimum atomic E-state index is -0.0159. The number of aryl methyl sites for hydroxylation is 1. The fourth-order valence-electron chi connectivity index (χ4n) is 1.72. The van der Waals surface area contributed by atoms with Crippen LogP contribution in [0.15, 0.2) is 47.4 Å². The third-order valence-corrected chi connectivity index (χ3v) is 4.35. The summed E-state index contributed by atoms with van der Waals surface area (Å²) in [5, 5.41) is 3.51. The van der Waals surface area contributed by atoms with Crippen LogP contribution in [-0.4, -0.2) is 11.7 Å². The number of nitrogens with one attached hydrogen (secondary N) is 1. The fraction of sp³-hybridized carbons (Fsp3) is 0.188. The Kier molecular flexibility index (Phi) is 5.53. The van der Waals surface area contributed by atoms with Gasteiger partial charge in [-0.3, -0.25) is 4.79 Å². The lowest BCUT2D eigenvalue weighted by atomic mass is 10.2. The number of halogens is 1. The zero-order valence-corrected chi connectivity index (χ0v) is 13.3. The first-order valence-corrected chi connectivity index (χ1v) is 7.95. The second-order valence-corrected chi connectivity index (χ2v) is 6.26. The van der Waals surface area contributed by atoms with E-state index in [1.165, 1.54) is 0 Å². The number of benzene rings is 2. The summed E-state index contributed by atoms with van der Waals surface area (Å²) in [6.45, 7) is 1.93. The molecule has 3 N–H and O–H groups in total. The molecule has 0 heterocycles. The zero-order valence-electron chi connectivity index (χ0n) is 11.7. The van der Waals surface area contributed by atoms with Crippen LogP contribution >= 0.6 is 23.4 Å². The van der Waals surface area contributed by atoms with Crippen LogP contribution in [0.2, 0.25) is 5.02 Å². The Morgan fingerprint density at radius 1 is 1.24 bits per heavy atom. The van der Waals surface area contributed by atoms with Crippen molar-refractivity contribution in [2.24, 2.45) is 0 Å². The summed E-state index contributed by atoms with van der Waals surface area (Å²) in [5.74, 6) is 0.702. The van der Waals surface area contributed by atoms with Crippen molar-refractivity contribution >= 4 is 40.6 Å². The number of hydrogen-bond acceptors (Lipinski definition) is 3. The van der Waals surface area contributed by atoms with Crippen molar-refractivity contribution in [1.82, 2.24) is 0 Å². The molecule has 1 amide bonds. The summed E-state index contributed by atoms with van der Waals surface area (Å²) in [5.41, 5.74) is 8.10. The molecule has 0 saturated heterocycles. The average molecular weight is 321 g/mol. The highest BCUT2D eigenvalue weighted by molar-refractivity contribution is 7.99. The molecule has 0 bridgehead atoms. The second-order valence-electron chi connectivity index (χ2n) is 4.68. The van der Waals surface area contributed by atoms with Crippen LogP contribution in [0.25, 0.3) is 0 Å². The number of nitrogens with two attached hydrogens (primary N) is 1. The van der Waals surface area contributed by atoms with E-state index in [1.54, 1.807) is 17.8 Å². The number of amides is 1. The van der Waals surface area contributed by atoms with E-state index in [1.807, 2.05) is 43.3 Å². The highest BCUT2D eigenvalue weighted by Gasteiger charge is 2.04. The molecule has 110 valence electrons. The maximum absolute atomic E-state index is 11.9. The van der Waals surface area contributed by atoms with Gasteiger partial charge < -0.3 is 11.1 Å². The highest BCUT2D eigenvalue weighted by atomic mass is 35.5. The summed E-state index contributed by atoms with van der Waals surface area (Å²) in [7, 11) is 0. The molecule has 2 rings (SSSR count). The van der Waals surface area contributed by atoms with E-state index in [0.717, 1.165) is 27.6 Å². The minimum Gasteiger partial charge on any atom is -0.399 e.